The van der Waals surface area contributed by atoms with Crippen LogP contribution in [0.2, 0.25) is 5.02 Å². The van der Waals surface area contributed by atoms with Crippen molar-refractivity contribution in [2.45, 2.75) is 50.4 Å². The molecule has 1 aliphatic carbocycles. The molecule has 0 spiro atoms. The maximum absolute atomic E-state index is 13.0. The zero-order chi connectivity index (χ0) is 16.1. The summed E-state index contributed by atoms with van der Waals surface area (Å²) in [4.78, 5) is 13.0. The first-order valence-corrected chi connectivity index (χ1v) is 9.33. The number of piperidine rings is 1. The molecule has 1 saturated carbocycles. The normalized spacial score (nSPS) is 23.6. The smallest absolute Gasteiger partial charge is 0.230 e. The number of carbonyl (C=O) groups excluding carboxylic acids is 1. The first kappa shape index (κ1) is 16.8. The predicted octanol–water partition coefficient (Wildman–Crippen LogP) is 3.66. The zero-order valence-electron chi connectivity index (χ0n) is 13.7. The zero-order valence-corrected chi connectivity index (χ0v) is 14.5. The fourth-order valence-corrected chi connectivity index (χ4v) is 4.33. The van der Waals surface area contributed by atoms with Gasteiger partial charge in [0.05, 0.1) is 5.41 Å². The van der Waals surface area contributed by atoms with E-state index in [0.717, 1.165) is 62.3 Å². The van der Waals surface area contributed by atoms with Gasteiger partial charge < -0.3 is 10.6 Å². The summed E-state index contributed by atoms with van der Waals surface area (Å²) in [7, 11) is 0. The summed E-state index contributed by atoms with van der Waals surface area (Å²) in [6.07, 6.45) is 7.71. The first-order chi connectivity index (χ1) is 11.2. The van der Waals surface area contributed by atoms with Crippen molar-refractivity contribution in [2.75, 3.05) is 19.6 Å². The number of hydrogen-bond donors (Lipinski definition) is 2. The van der Waals surface area contributed by atoms with E-state index in [-0.39, 0.29) is 11.3 Å². The van der Waals surface area contributed by atoms with Gasteiger partial charge in [0.1, 0.15) is 0 Å². The summed E-state index contributed by atoms with van der Waals surface area (Å²) in [6.45, 7) is 3.02. The van der Waals surface area contributed by atoms with E-state index < -0.39 is 0 Å². The number of hydrogen-bond acceptors (Lipinski definition) is 2. The van der Waals surface area contributed by atoms with Gasteiger partial charge in [-0.25, -0.2) is 0 Å². The Bertz CT molecular complexity index is 534. The lowest BCUT2D eigenvalue weighted by molar-refractivity contribution is -0.126. The second-order valence-electron chi connectivity index (χ2n) is 7.06. The summed E-state index contributed by atoms with van der Waals surface area (Å²) in [5.74, 6) is 0.899. The molecule has 1 unspecified atom stereocenters. The molecule has 1 heterocycles. The maximum atomic E-state index is 13.0. The molecule has 126 valence electrons. The highest BCUT2D eigenvalue weighted by Crippen LogP contribution is 2.42. The van der Waals surface area contributed by atoms with Crippen LogP contribution in [0.1, 0.15) is 50.5 Å². The van der Waals surface area contributed by atoms with Gasteiger partial charge in [0.15, 0.2) is 0 Å². The Kier molecular flexibility index (Phi) is 5.60. The van der Waals surface area contributed by atoms with Gasteiger partial charge in [-0.1, -0.05) is 36.6 Å². The van der Waals surface area contributed by atoms with Gasteiger partial charge in [-0.3, -0.25) is 4.79 Å². The minimum Gasteiger partial charge on any atom is -0.355 e. The largest absolute Gasteiger partial charge is 0.355 e. The molecule has 3 rings (SSSR count). The monoisotopic (exact) mass is 334 g/mol. The molecule has 0 aromatic heterocycles. The molecule has 1 amide bonds. The van der Waals surface area contributed by atoms with Crippen molar-refractivity contribution in [3.8, 4) is 0 Å². The second-order valence-corrected chi connectivity index (χ2v) is 7.49. The minimum absolute atomic E-state index is 0.195. The van der Waals surface area contributed by atoms with Gasteiger partial charge >= 0.3 is 0 Å². The third kappa shape index (κ3) is 3.89. The van der Waals surface area contributed by atoms with E-state index in [0.29, 0.717) is 5.92 Å². The molecule has 1 aliphatic heterocycles. The van der Waals surface area contributed by atoms with Crippen molar-refractivity contribution < 1.29 is 4.79 Å². The van der Waals surface area contributed by atoms with Crippen molar-refractivity contribution in [3.05, 3.63) is 34.9 Å². The third-order valence-electron chi connectivity index (χ3n) is 5.51. The standard InChI is InChI=1S/C19H27ClN2O/c20-17-7-3-6-16(13-17)19(9-1-2-10-19)18(23)22-12-8-15-5-4-11-21-14-15/h3,6-7,13,15,21H,1-2,4-5,8-12,14H2,(H,22,23). The number of nitrogens with one attached hydrogen (secondary N) is 2. The van der Waals surface area contributed by atoms with Gasteiger partial charge in [0.25, 0.3) is 0 Å². The molecule has 1 aromatic rings. The quantitative estimate of drug-likeness (QED) is 0.862. The molecule has 0 bridgehead atoms. The minimum atomic E-state index is -0.365. The van der Waals surface area contributed by atoms with Crippen LogP contribution in [0.5, 0.6) is 0 Å². The molecule has 0 radical (unpaired) electrons. The van der Waals surface area contributed by atoms with Crippen LogP contribution in [-0.4, -0.2) is 25.5 Å². The lowest BCUT2D eigenvalue weighted by Gasteiger charge is -2.29. The fraction of sp³-hybridized carbons (Fsp3) is 0.632. The lowest BCUT2D eigenvalue weighted by Crippen LogP contribution is -2.43. The maximum Gasteiger partial charge on any atom is 0.230 e. The Morgan fingerprint density at radius 3 is 2.83 bits per heavy atom. The summed E-state index contributed by atoms with van der Waals surface area (Å²) in [6, 6.07) is 7.86. The number of benzene rings is 1. The number of amides is 1. The lowest BCUT2D eigenvalue weighted by atomic mass is 9.78. The van der Waals surface area contributed by atoms with E-state index in [1.807, 2.05) is 18.2 Å². The van der Waals surface area contributed by atoms with Crippen molar-refractivity contribution >= 4 is 17.5 Å². The molecule has 3 nitrogen and oxygen atoms in total. The van der Waals surface area contributed by atoms with Crippen LogP contribution >= 0.6 is 11.6 Å². The summed E-state index contributed by atoms with van der Waals surface area (Å²) >= 11 is 6.16. The van der Waals surface area contributed by atoms with Crippen molar-refractivity contribution in [3.63, 3.8) is 0 Å². The van der Waals surface area contributed by atoms with Gasteiger partial charge in [-0.2, -0.15) is 0 Å². The van der Waals surface area contributed by atoms with E-state index in [2.05, 4.69) is 16.7 Å². The van der Waals surface area contributed by atoms with E-state index in [1.54, 1.807) is 0 Å². The molecule has 4 heteroatoms. The van der Waals surface area contributed by atoms with Crippen molar-refractivity contribution in [2.24, 2.45) is 5.92 Å². The predicted molar refractivity (Wildman–Crippen MR) is 94.8 cm³/mol. The molecule has 2 fully saturated rings. The van der Waals surface area contributed by atoms with Gasteiger partial charge in [0.2, 0.25) is 5.91 Å². The molecular formula is C19H27ClN2O. The Morgan fingerprint density at radius 2 is 2.13 bits per heavy atom. The van der Waals surface area contributed by atoms with Gasteiger partial charge in [0, 0.05) is 11.6 Å². The van der Waals surface area contributed by atoms with Crippen LogP contribution in [0.15, 0.2) is 24.3 Å². The Morgan fingerprint density at radius 1 is 1.30 bits per heavy atom. The average Bonchev–Trinajstić information content (AvgIpc) is 3.07. The van der Waals surface area contributed by atoms with Crippen LogP contribution in [0.3, 0.4) is 0 Å². The molecule has 23 heavy (non-hydrogen) atoms. The topological polar surface area (TPSA) is 41.1 Å². The highest BCUT2D eigenvalue weighted by atomic mass is 35.5. The van der Waals surface area contributed by atoms with E-state index >= 15 is 0 Å². The van der Waals surface area contributed by atoms with E-state index in [4.69, 9.17) is 11.6 Å². The second kappa shape index (κ2) is 7.67. The molecule has 2 N–H and O–H groups in total. The Balaban J connectivity index is 1.62. The number of halogens is 1. The molecule has 2 aliphatic rings. The Labute approximate surface area is 144 Å². The summed E-state index contributed by atoms with van der Waals surface area (Å²) in [5.41, 5.74) is 0.717. The molecule has 1 saturated heterocycles. The van der Waals surface area contributed by atoms with Crippen LogP contribution < -0.4 is 10.6 Å². The molecular weight excluding hydrogens is 308 g/mol. The van der Waals surface area contributed by atoms with Crippen LogP contribution in [0.25, 0.3) is 0 Å². The van der Waals surface area contributed by atoms with E-state index in [1.165, 1.54) is 12.8 Å². The van der Waals surface area contributed by atoms with Crippen molar-refractivity contribution in [1.29, 1.82) is 0 Å². The van der Waals surface area contributed by atoms with Crippen LogP contribution in [-0.2, 0) is 10.2 Å². The fourth-order valence-electron chi connectivity index (χ4n) is 4.14. The highest BCUT2D eigenvalue weighted by Gasteiger charge is 2.42. The third-order valence-corrected chi connectivity index (χ3v) is 5.74. The van der Waals surface area contributed by atoms with Crippen molar-refractivity contribution in [1.82, 2.24) is 10.6 Å². The SMILES string of the molecule is O=C(NCCC1CCCNC1)C1(c2cccc(Cl)c2)CCCC1. The van der Waals surface area contributed by atoms with Gasteiger partial charge in [-0.15, -0.1) is 0 Å². The average molecular weight is 335 g/mol. The summed E-state index contributed by atoms with van der Waals surface area (Å²) in [5, 5.41) is 7.38. The first-order valence-electron chi connectivity index (χ1n) is 8.96. The number of rotatable bonds is 5. The molecule has 1 atom stereocenters. The van der Waals surface area contributed by atoms with E-state index in [9.17, 15) is 4.79 Å². The summed E-state index contributed by atoms with van der Waals surface area (Å²) < 4.78 is 0. The number of carbonyl (C=O) groups is 1. The van der Waals surface area contributed by atoms with Crippen LogP contribution in [0.4, 0.5) is 0 Å². The van der Waals surface area contributed by atoms with Crippen LogP contribution in [0, 0.1) is 5.92 Å². The highest BCUT2D eigenvalue weighted by molar-refractivity contribution is 6.30. The molecule has 1 aromatic carbocycles. The van der Waals surface area contributed by atoms with Gasteiger partial charge in [-0.05, 0) is 68.8 Å². The Hall–Kier alpha value is -1.06.